The Labute approximate surface area is 204 Å². The predicted octanol–water partition coefficient (Wildman–Crippen LogP) is 4.62. The minimum atomic E-state index is -1.23. The van der Waals surface area contributed by atoms with Gasteiger partial charge in [-0.25, -0.2) is 4.79 Å². The number of carboxylic acid groups (broad SMARTS) is 1. The number of aromatic nitrogens is 1. The number of carbonyl (C=O) groups is 1. The second-order valence-corrected chi connectivity index (χ2v) is 8.16. The van der Waals surface area contributed by atoms with E-state index >= 15 is 0 Å². The Kier molecular flexibility index (Phi) is 6.37. The summed E-state index contributed by atoms with van der Waals surface area (Å²) in [6.45, 7) is 0.0529. The molecule has 0 saturated heterocycles. The molecule has 1 aromatic heterocycles. The molecule has 0 saturated carbocycles. The van der Waals surface area contributed by atoms with Crippen molar-refractivity contribution in [2.75, 3.05) is 18.7 Å². The predicted molar refractivity (Wildman–Crippen MR) is 131 cm³/mol. The number of aliphatic hydroxyl groups is 1. The zero-order chi connectivity index (χ0) is 24.4. The highest BCUT2D eigenvalue weighted by atomic mass is 35.5. The molecule has 1 aliphatic rings. The lowest BCUT2D eigenvalue weighted by molar-refractivity contribution is -0.139. The lowest BCUT2D eigenvalue weighted by atomic mass is 9.98. The van der Waals surface area contributed by atoms with Crippen molar-refractivity contribution in [3.05, 3.63) is 70.7 Å². The third-order valence-electron chi connectivity index (χ3n) is 5.57. The molecule has 178 valence electrons. The summed E-state index contributed by atoms with van der Waals surface area (Å²) < 4.78 is 16.5. The zero-order valence-electron chi connectivity index (χ0n) is 18.3. The van der Waals surface area contributed by atoms with E-state index in [1.165, 1.54) is 6.21 Å². The van der Waals surface area contributed by atoms with Crippen LogP contribution in [0.15, 0.2) is 64.1 Å². The number of fused-ring (bicyclic) bond motifs is 2. The molecular weight excluding hydrogens is 474 g/mol. The number of carboxylic acids is 1. The molecule has 3 N–H and O–H groups in total. The van der Waals surface area contributed by atoms with Crippen LogP contribution in [-0.4, -0.2) is 47.0 Å². The van der Waals surface area contributed by atoms with Crippen LogP contribution in [0, 0.1) is 0 Å². The third-order valence-corrected chi connectivity index (χ3v) is 5.98. The van der Waals surface area contributed by atoms with Crippen LogP contribution >= 0.6 is 11.6 Å². The molecular formula is C25H20ClN3O6. The van der Waals surface area contributed by atoms with Crippen molar-refractivity contribution in [2.24, 2.45) is 4.99 Å². The number of halogens is 1. The van der Waals surface area contributed by atoms with Crippen LogP contribution < -0.4 is 10.1 Å². The fourth-order valence-electron chi connectivity index (χ4n) is 3.81. The summed E-state index contributed by atoms with van der Waals surface area (Å²) in [6, 6.07) is 15.4. The molecule has 0 spiro atoms. The van der Waals surface area contributed by atoms with Crippen LogP contribution in [0.4, 0.5) is 11.5 Å². The van der Waals surface area contributed by atoms with Crippen LogP contribution in [0.5, 0.6) is 5.75 Å². The van der Waals surface area contributed by atoms with Gasteiger partial charge >= 0.3 is 5.97 Å². The molecule has 0 radical (unpaired) electrons. The number of aliphatic carboxylic acids is 1. The molecule has 2 heterocycles. The first-order valence-electron chi connectivity index (χ1n) is 10.7. The largest absolute Gasteiger partial charge is 0.480 e. The average Bonchev–Trinajstić information content (AvgIpc) is 3.27. The van der Waals surface area contributed by atoms with Gasteiger partial charge < -0.3 is 29.5 Å². The van der Waals surface area contributed by atoms with Crippen LogP contribution in [0.2, 0.25) is 5.02 Å². The van der Waals surface area contributed by atoms with Crippen molar-refractivity contribution in [3.8, 4) is 16.9 Å². The molecule has 0 unspecified atom stereocenters. The van der Waals surface area contributed by atoms with E-state index in [-0.39, 0.29) is 6.79 Å². The number of nitrogens with zero attached hydrogens (tertiary/aromatic N) is 2. The molecule has 4 aromatic rings. The minimum Gasteiger partial charge on any atom is -0.480 e. The number of hydrogen-bond acceptors (Lipinski definition) is 8. The second-order valence-electron chi connectivity index (χ2n) is 7.79. The van der Waals surface area contributed by atoms with Crippen molar-refractivity contribution < 1.29 is 29.0 Å². The maximum atomic E-state index is 11.1. The summed E-state index contributed by atoms with van der Waals surface area (Å²) in [5.41, 5.74) is 4.43. The Balaban J connectivity index is 1.47. The van der Waals surface area contributed by atoms with Gasteiger partial charge in [0.1, 0.15) is 5.75 Å². The molecule has 3 aromatic carbocycles. The Bertz CT molecular complexity index is 1430. The molecule has 35 heavy (non-hydrogen) atoms. The lowest BCUT2D eigenvalue weighted by Gasteiger charge is -2.21. The molecule has 0 aliphatic carbocycles. The number of aliphatic hydroxyl groups excluding tert-OH is 1. The van der Waals surface area contributed by atoms with E-state index in [0.717, 1.165) is 22.4 Å². The van der Waals surface area contributed by atoms with Crippen molar-refractivity contribution in [2.45, 2.75) is 12.6 Å². The molecule has 1 aliphatic heterocycles. The molecule has 5 rings (SSSR count). The van der Waals surface area contributed by atoms with Crippen LogP contribution in [0.3, 0.4) is 0 Å². The van der Waals surface area contributed by atoms with E-state index in [2.05, 4.69) is 15.5 Å². The summed E-state index contributed by atoms with van der Waals surface area (Å²) in [4.78, 5) is 15.0. The zero-order valence-corrected chi connectivity index (χ0v) is 19.0. The molecule has 9 nitrogen and oxygen atoms in total. The Morgan fingerprint density at radius 1 is 1.20 bits per heavy atom. The van der Waals surface area contributed by atoms with E-state index in [1.807, 2.05) is 36.4 Å². The van der Waals surface area contributed by atoms with E-state index < -0.39 is 18.6 Å². The van der Waals surface area contributed by atoms with E-state index in [0.29, 0.717) is 39.7 Å². The van der Waals surface area contributed by atoms with Gasteiger partial charge in [0.15, 0.2) is 24.2 Å². The number of anilines is 2. The van der Waals surface area contributed by atoms with Crippen LogP contribution in [0.25, 0.3) is 22.1 Å². The summed E-state index contributed by atoms with van der Waals surface area (Å²) >= 11 is 6.81. The summed E-state index contributed by atoms with van der Waals surface area (Å²) in [5.74, 6) is 0.00342. The Morgan fingerprint density at radius 3 is 2.86 bits per heavy atom. The highest BCUT2D eigenvalue weighted by molar-refractivity contribution is 6.36. The molecule has 1 atom stereocenters. The van der Waals surface area contributed by atoms with Gasteiger partial charge in [-0.1, -0.05) is 41.0 Å². The maximum absolute atomic E-state index is 11.1. The number of benzene rings is 3. The van der Waals surface area contributed by atoms with E-state index in [1.54, 1.807) is 18.2 Å². The number of nitrogens with one attached hydrogen (secondary N) is 1. The average molecular weight is 494 g/mol. The van der Waals surface area contributed by atoms with E-state index in [9.17, 15) is 4.79 Å². The van der Waals surface area contributed by atoms with Gasteiger partial charge in [0.25, 0.3) is 0 Å². The molecule has 10 heteroatoms. The standard InChI is InChI=1S/C25H20ClN3O6/c26-23-16(15-3-2-6-21-18(15)12-33-13-34-21)4-1-5-19(23)28-24-17-9-14(7-8-22(17)35-29-24)10-27-20(11-30)25(31)32/h1-10,20,30H,11-13H2,(H,28,29)(H,31,32)/t20-/m0/s1. The number of hydrogen-bond donors (Lipinski definition) is 3. The van der Waals surface area contributed by atoms with Gasteiger partial charge in [-0.05, 0) is 41.5 Å². The van der Waals surface area contributed by atoms with Crippen molar-refractivity contribution in [1.29, 1.82) is 0 Å². The fraction of sp³-hybridized carbons (Fsp3) is 0.160. The third kappa shape index (κ3) is 4.57. The van der Waals surface area contributed by atoms with Gasteiger partial charge in [-0.2, -0.15) is 0 Å². The Hall–Kier alpha value is -3.92. The minimum absolute atomic E-state index is 0.217. The Morgan fingerprint density at radius 2 is 2.03 bits per heavy atom. The summed E-state index contributed by atoms with van der Waals surface area (Å²) in [6.07, 6.45) is 1.39. The quantitative estimate of drug-likeness (QED) is 0.318. The van der Waals surface area contributed by atoms with E-state index in [4.69, 9.17) is 35.8 Å². The summed E-state index contributed by atoms with van der Waals surface area (Å²) in [7, 11) is 0. The topological polar surface area (TPSA) is 126 Å². The first kappa shape index (κ1) is 22.9. The van der Waals surface area contributed by atoms with Gasteiger partial charge in [-0.3, -0.25) is 4.99 Å². The molecule has 0 fully saturated rings. The molecule has 0 amide bonds. The smallest absolute Gasteiger partial charge is 0.330 e. The second kappa shape index (κ2) is 9.75. The van der Waals surface area contributed by atoms with Gasteiger partial charge in [0.05, 0.1) is 29.3 Å². The highest BCUT2D eigenvalue weighted by Crippen LogP contribution is 2.40. The number of rotatable bonds is 7. The first-order valence-corrected chi connectivity index (χ1v) is 11.1. The number of aliphatic imine (C=N–C) groups is 1. The fourth-order valence-corrected chi connectivity index (χ4v) is 4.08. The maximum Gasteiger partial charge on any atom is 0.330 e. The van der Waals surface area contributed by atoms with Crippen molar-refractivity contribution >= 4 is 46.3 Å². The van der Waals surface area contributed by atoms with Gasteiger partial charge in [0, 0.05) is 17.3 Å². The van der Waals surface area contributed by atoms with Crippen molar-refractivity contribution in [1.82, 2.24) is 5.16 Å². The van der Waals surface area contributed by atoms with Gasteiger partial charge in [0.2, 0.25) is 0 Å². The monoisotopic (exact) mass is 493 g/mol. The number of ether oxygens (including phenoxy) is 2. The summed E-state index contributed by atoms with van der Waals surface area (Å²) in [5, 5.41) is 26.7. The lowest BCUT2D eigenvalue weighted by Crippen LogP contribution is -2.22. The normalized spacial score (nSPS) is 14.0. The highest BCUT2D eigenvalue weighted by Gasteiger charge is 2.19. The first-order chi connectivity index (χ1) is 17.0. The molecule has 0 bridgehead atoms. The SMILES string of the molecule is O=C(O)[C@H](CO)N=Cc1ccc2onc(Nc3cccc(-c4cccc5c4COCO5)c3Cl)c2c1. The van der Waals surface area contributed by atoms with Crippen LogP contribution in [-0.2, 0) is 16.1 Å². The van der Waals surface area contributed by atoms with Gasteiger partial charge in [-0.15, -0.1) is 0 Å². The van der Waals surface area contributed by atoms with Crippen LogP contribution in [0.1, 0.15) is 11.1 Å². The van der Waals surface area contributed by atoms with Crippen molar-refractivity contribution in [3.63, 3.8) is 0 Å².